The van der Waals surface area contributed by atoms with E-state index >= 15 is 0 Å². The molecule has 10 heavy (non-hydrogen) atoms. The van der Waals surface area contributed by atoms with Crippen LogP contribution in [-0.2, 0) is 10.4 Å². The van der Waals surface area contributed by atoms with Crippen molar-refractivity contribution in [1.29, 1.82) is 0 Å². The quantitative estimate of drug-likeness (QED) is 0.381. The van der Waals surface area contributed by atoms with Gasteiger partial charge in [-0.05, 0) is 0 Å². The molecule has 0 aliphatic heterocycles. The normalized spacial score (nSPS) is 5.80. The predicted molar refractivity (Wildman–Crippen MR) is 28.6 cm³/mol. The molecule has 0 aliphatic carbocycles. The first-order valence-electron chi connectivity index (χ1n) is 0.698. The maximum Gasteiger partial charge on any atom is 0.394 e. The molecule has 0 fully saturated rings. The van der Waals surface area contributed by atoms with Crippen LogP contribution >= 0.6 is 0 Å². The van der Waals surface area contributed by atoms with Crippen LogP contribution in [0.4, 0.5) is 0 Å². The van der Waals surface area contributed by atoms with Gasteiger partial charge in [0, 0.05) is 29.2 Å². The van der Waals surface area contributed by atoms with Crippen molar-refractivity contribution in [2.75, 3.05) is 0 Å². The molecular weight excluding hydrogens is 404 g/mol. The summed E-state index contributed by atoms with van der Waals surface area (Å²) < 4.78 is 31.6. The smallest absolute Gasteiger partial charge is 0.394 e. The number of rotatable bonds is 0. The van der Waals surface area contributed by atoms with Crippen molar-refractivity contribution in [1.82, 2.24) is 0 Å². The third-order valence-corrected chi connectivity index (χ3v) is 0. The summed E-state index contributed by atoms with van der Waals surface area (Å²) in [4.78, 5) is 0. The van der Waals surface area contributed by atoms with Crippen LogP contribution in [0.25, 0.3) is 0 Å². The van der Waals surface area contributed by atoms with Gasteiger partial charge in [-0.3, -0.25) is 9.11 Å². The van der Waals surface area contributed by atoms with Gasteiger partial charge in [-0.15, -0.1) is 0 Å². The molecule has 70 valence electrons. The van der Waals surface area contributed by atoms with Gasteiger partial charge in [-0.2, -0.15) is 8.42 Å². The Morgan fingerprint density at radius 1 is 0.800 bits per heavy atom. The Bertz CT molecular complexity index is 92.4. The van der Waals surface area contributed by atoms with Gasteiger partial charge in [-0.25, -0.2) is 0 Å². The van der Waals surface area contributed by atoms with Crippen molar-refractivity contribution < 1.29 is 68.6 Å². The maximum atomic E-state index is 8.74. The topological polar surface area (TPSA) is 201 Å². The van der Waals surface area contributed by atoms with Crippen molar-refractivity contribution in [3.05, 3.63) is 0 Å². The summed E-state index contributed by atoms with van der Waals surface area (Å²) in [6.07, 6.45) is 0. The Hall–Kier alpha value is 0.697. The van der Waals surface area contributed by atoms with E-state index in [2.05, 4.69) is 0 Å². The summed E-state index contributed by atoms with van der Waals surface area (Å²) in [5.74, 6) is 0. The minimum Gasteiger partial charge on any atom is -0.412 e. The largest absolute Gasteiger partial charge is 0.412 e. The predicted octanol–water partition coefficient (Wildman–Crippen LogP) is -3.95. The fourth-order valence-electron chi connectivity index (χ4n) is 0. The van der Waals surface area contributed by atoms with E-state index in [-0.39, 0.29) is 51.1 Å². The molecule has 0 aliphatic rings. The Kier molecular flexibility index (Phi) is 74.6. The molecule has 10 heteroatoms. The molecule has 0 heterocycles. The van der Waals surface area contributed by atoms with Gasteiger partial charge in [0.05, 0.1) is 0 Å². The number of hydrogen-bond donors (Lipinski definition) is 2. The fraction of sp³-hybridized carbons (Fsp3) is 0. The van der Waals surface area contributed by atoms with Gasteiger partial charge >= 0.3 is 10.4 Å². The minimum absolute atomic E-state index is 0. The zero-order valence-electron chi connectivity index (χ0n) is 4.53. The van der Waals surface area contributed by atoms with E-state index in [4.69, 9.17) is 17.5 Å². The van der Waals surface area contributed by atoms with E-state index in [1.54, 1.807) is 0 Å². The zero-order chi connectivity index (χ0) is 4.50. The molecule has 0 amide bonds. The molecule has 0 unspecified atom stereocenters. The standard InChI is InChI=1S/H2O4S.4H2O.Pu/c1-5(2,3)4;;;;;/h(H2,1,2,3,4);4*1H2;. The second-order valence-corrected chi connectivity index (χ2v) is 1.34. The first-order valence-corrected chi connectivity index (χ1v) is 2.10. The number of hydrogen-bond acceptors (Lipinski definition) is 2. The van der Waals surface area contributed by atoms with Gasteiger partial charge in [0.2, 0.25) is 0 Å². The summed E-state index contributed by atoms with van der Waals surface area (Å²) in [5, 5.41) is 0. The van der Waals surface area contributed by atoms with E-state index in [0.29, 0.717) is 0 Å². The monoisotopic (exact) mass is 408 g/mol. The van der Waals surface area contributed by atoms with E-state index in [1.165, 1.54) is 0 Å². The van der Waals surface area contributed by atoms with Crippen LogP contribution in [0.2, 0.25) is 0 Å². The van der Waals surface area contributed by atoms with Gasteiger partial charge in [0.15, 0.2) is 0 Å². The first kappa shape index (κ1) is 45.6. The van der Waals surface area contributed by atoms with E-state index < -0.39 is 10.4 Å². The summed E-state index contributed by atoms with van der Waals surface area (Å²) in [6, 6.07) is 0. The molecule has 0 rings (SSSR count). The molecular formula is H10O8PuS. The average Bonchev–Trinajstić information content (AvgIpc) is 0.722. The van der Waals surface area contributed by atoms with Gasteiger partial charge in [0.25, 0.3) is 0 Å². The summed E-state index contributed by atoms with van der Waals surface area (Å²) in [5.41, 5.74) is 0. The summed E-state index contributed by atoms with van der Waals surface area (Å²) >= 11 is 0. The van der Waals surface area contributed by atoms with Gasteiger partial charge in [-0.1, -0.05) is 0 Å². The third kappa shape index (κ3) is 1060. The Morgan fingerprint density at radius 3 is 0.800 bits per heavy atom. The second-order valence-electron chi connectivity index (χ2n) is 0.448. The second kappa shape index (κ2) is 16.4. The molecule has 0 radical (unpaired) electrons. The minimum atomic E-state index is -4.67. The van der Waals surface area contributed by atoms with E-state index in [0.717, 1.165) is 0 Å². The molecule has 8 nitrogen and oxygen atoms in total. The van der Waals surface area contributed by atoms with E-state index in [9.17, 15) is 0 Å². The SMILES string of the molecule is O.O.O.O.O=S(=O)(O)O.[Pu]. The molecule has 0 bridgehead atoms. The molecule has 10 N–H and O–H groups in total. The molecule has 0 saturated carbocycles. The molecule has 0 spiro atoms. The van der Waals surface area contributed by atoms with Crippen molar-refractivity contribution >= 4 is 10.4 Å². The van der Waals surface area contributed by atoms with Crippen LogP contribution in [0.1, 0.15) is 0 Å². The molecule has 0 aromatic heterocycles. The summed E-state index contributed by atoms with van der Waals surface area (Å²) in [6.45, 7) is 0. The van der Waals surface area contributed by atoms with Crippen LogP contribution in [0.15, 0.2) is 0 Å². The Labute approximate surface area is 79.0 Å². The van der Waals surface area contributed by atoms with Crippen molar-refractivity contribution in [3.63, 3.8) is 0 Å². The fourth-order valence-corrected chi connectivity index (χ4v) is 0. The van der Waals surface area contributed by atoms with Crippen molar-refractivity contribution in [2.45, 2.75) is 0 Å². The molecule has 0 atom stereocenters. The Balaban J connectivity index is -0.00000000800. The zero-order valence-corrected chi connectivity index (χ0v) is 8.74. The van der Waals surface area contributed by atoms with Gasteiger partial charge < -0.3 is 21.9 Å². The van der Waals surface area contributed by atoms with Crippen molar-refractivity contribution in [2.24, 2.45) is 0 Å². The first-order chi connectivity index (χ1) is 2.00. The van der Waals surface area contributed by atoms with Gasteiger partial charge in [0.1, 0.15) is 0 Å². The van der Waals surface area contributed by atoms with Crippen LogP contribution in [0.5, 0.6) is 0 Å². The molecule has 0 aromatic carbocycles. The molecule has 0 saturated heterocycles. The molecule has 0 aromatic rings. The third-order valence-electron chi connectivity index (χ3n) is 0. The summed E-state index contributed by atoms with van der Waals surface area (Å²) in [7, 11) is -4.67. The van der Waals surface area contributed by atoms with Crippen LogP contribution in [-0.4, -0.2) is 39.4 Å². The van der Waals surface area contributed by atoms with Crippen LogP contribution < -0.4 is 0 Å². The van der Waals surface area contributed by atoms with E-state index in [1.807, 2.05) is 0 Å². The average molecular weight is 414 g/mol. The van der Waals surface area contributed by atoms with Crippen LogP contribution in [0, 0.1) is 29.2 Å². The maximum absolute atomic E-state index is 8.74. The van der Waals surface area contributed by atoms with Crippen LogP contribution in [0.3, 0.4) is 0 Å². The Morgan fingerprint density at radius 2 is 0.800 bits per heavy atom. The van der Waals surface area contributed by atoms with Crippen molar-refractivity contribution in [3.8, 4) is 0 Å².